The normalized spacial score (nSPS) is 9.14. The first-order valence-electron chi connectivity index (χ1n) is 11.7. The summed E-state index contributed by atoms with van der Waals surface area (Å²) in [4.78, 5) is 19.8. The number of esters is 1. The zero-order chi connectivity index (χ0) is 28.5. The molecule has 0 bridgehead atoms. The summed E-state index contributed by atoms with van der Waals surface area (Å²) in [5.41, 5.74) is 10.7. The number of quaternary nitrogens is 1. The lowest BCUT2D eigenvalue weighted by atomic mass is 10.2. The monoisotopic (exact) mass is 527 g/mol. The van der Waals surface area contributed by atoms with Crippen LogP contribution < -0.4 is 11.5 Å². The average molecular weight is 528 g/mol. The molecular weight excluding hydrogens is 480 g/mol. The summed E-state index contributed by atoms with van der Waals surface area (Å²) in [7, 11) is 1.54. The van der Waals surface area contributed by atoms with Crippen molar-refractivity contribution >= 4 is 23.9 Å². The number of halogens is 1. The van der Waals surface area contributed by atoms with Gasteiger partial charge in [-0.3, -0.25) is 0 Å². The van der Waals surface area contributed by atoms with Gasteiger partial charge in [-0.1, -0.05) is 91.7 Å². The van der Waals surface area contributed by atoms with E-state index >= 15 is 0 Å². The number of nitrogens with two attached hydrogens (primary N) is 1. The molecule has 36 heavy (non-hydrogen) atoms. The quantitative estimate of drug-likeness (QED) is 0.167. The fourth-order valence-electron chi connectivity index (χ4n) is 1.79. The van der Waals surface area contributed by atoms with Gasteiger partial charge in [0.1, 0.15) is 19.0 Å². The van der Waals surface area contributed by atoms with E-state index in [0.29, 0.717) is 19.5 Å². The van der Waals surface area contributed by atoms with Gasteiger partial charge in [0.15, 0.2) is 6.54 Å². The van der Waals surface area contributed by atoms with Crippen LogP contribution in [0.2, 0.25) is 0 Å². The second-order valence-corrected chi connectivity index (χ2v) is 6.33. The van der Waals surface area contributed by atoms with E-state index in [0.717, 1.165) is 0 Å². The van der Waals surface area contributed by atoms with Crippen LogP contribution in [0, 0.1) is 13.8 Å². The number of carbonyl (C=O) groups excluding carboxylic acids is 2. The maximum Gasteiger partial charge on any atom is 0.361 e. The van der Waals surface area contributed by atoms with Gasteiger partial charge in [-0.05, 0) is 13.8 Å². The Labute approximate surface area is 223 Å². The number of benzene rings is 2. The van der Waals surface area contributed by atoms with Gasteiger partial charge in [0.2, 0.25) is 0 Å². The Hall–Kier alpha value is -2.55. The van der Waals surface area contributed by atoms with Gasteiger partial charge in [-0.15, -0.1) is 18.2 Å². The van der Waals surface area contributed by atoms with Crippen LogP contribution >= 0.6 is 11.6 Å². The Kier molecular flexibility index (Phi) is 41.7. The molecule has 0 aromatic heterocycles. The summed E-state index contributed by atoms with van der Waals surface area (Å²) in [5.74, 6) is -0.337. The maximum absolute atomic E-state index is 10.8. The first-order chi connectivity index (χ1) is 17.4. The van der Waals surface area contributed by atoms with Crippen LogP contribution in [-0.2, 0) is 23.8 Å². The molecule has 0 amide bonds. The third-order valence-electron chi connectivity index (χ3n) is 3.48. The zero-order valence-electron chi connectivity index (χ0n) is 23.0. The maximum atomic E-state index is 10.8. The molecule has 1 unspecified atom stereocenters. The lowest BCUT2D eigenvalue weighted by Gasteiger charge is -2.14. The van der Waals surface area contributed by atoms with Crippen molar-refractivity contribution < 1.29 is 29.5 Å². The lowest BCUT2D eigenvalue weighted by Crippen LogP contribution is -2.54. The minimum Gasteiger partial charge on any atom is -0.459 e. The highest BCUT2D eigenvalue weighted by Gasteiger charge is 2.10. The highest BCUT2D eigenvalue weighted by atomic mass is 35.5. The number of methoxy groups -OCH3 is 1. The second kappa shape index (κ2) is 37.0. The first kappa shape index (κ1) is 40.6. The third-order valence-corrected chi connectivity index (χ3v) is 3.48. The molecule has 0 aliphatic carbocycles. The summed E-state index contributed by atoms with van der Waals surface area (Å²) in [6.07, 6.45) is 3.54. The fraction of sp³-hybridized carbons (Fsp3) is 0.429. The Morgan fingerprint density at radius 2 is 1.42 bits per heavy atom. The van der Waals surface area contributed by atoms with E-state index in [4.69, 9.17) is 19.0 Å². The SMILES string of the molecule is C=CCOCC(COC(=O)C[NH3+])OC.CC.CCl.Cc1ccccc1.Cc1ccccc1.NCC=O. The number of hydrogen-bond acceptors (Lipinski definition) is 6. The van der Waals surface area contributed by atoms with Gasteiger partial charge < -0.3 is 30.5 Å². The molecule has 2 aromatic carbocycles. The molecule has 0 heterocycles. The zero-order valence-corrected chi connectivity index (χ0v) is 23.7. The van der Waals surface area contributed by atoms with E-state index in [9.17, 15) is 4.79 Å². The highest BCUT2D eigenvalue weighted by molar-refractivity contribution is 6.15. The highest BCUT2D eigenvalue weighted by Crippen LogP contribution is 1.94. The Morgan fingerprint density at radius 1 is 1.00 bits per heavy atom. The molecule has 0 aliphatic heterocycles. The summed E-state index contributed by atoms with van der Waals surface area (Å²) in [6, 6.07) is 20.5. The van der Waals surface area contributed by atoms with Crippen LogP contribution in [0.15, 0.2) is 73.3 Å². The van der Waals surface area contributed by atoms with E-state index < -0.39 is 0 Å². The third kappa shape index (κ3) is 36.0. The van der Waals surface area contributed by atoms with Gasteiger partial charge >= 0.3 is 5.97 Å². The van der Waals surface area contributed by atoms with Crippen molar-refractivity contribution in [2.24, 2.45) is 5.73 Å². The molecule has 7 nitrogen and oxygen atoms in total. The van der Waals surface area contributed by atoms with Gasteiger partial charge in [0.05, 0.1) is 13.2 Å². The molecule has 2 rings (SSSR count). The summed E-state index contributed by atoms with van der Waals surface area (Å²) in [5, 5.41) is 0. The van der Waals surface area contributed by atoms with E-state index in [-0.39, 0.29) is 31.8 Å². The summed E-state index contributed by atoms with van der Waals surface area (Å²) in [6.45, 7) is 13.0. The number of carbonyl (C=O) groups is 2. The Bertz CT molecular complexity index is 651. The molecule has 5 N–H and O–H groups in total. The topological polar surface area (TPSA) is 115 Å². The number of alkyl halides is 1. The minimum atomic E-state index is -0.337. The van der Waals surface area contributed by atoms with Crippen LogP contribution in [0.5, 0.6) is 0 Å². The number of ether oxygens (including phenoxy) is 3. The molecule has 0 saturated heterocycles. The molecule has 1 atom stereocenters. The van der Waals surface area contributed by atoms with Gasteiger partial charge in [-0.25, -0.2) is 4.79 Å². The lowest BCUT2D eigenvalue weighted by molar-refractivity contribution is -0.360. The van der Waals surface area contributed by atoms with Crippen molar-refractivity contribution in [2.75, 3.05) is 46.4 Å². The molecule has 0 fully saturated rings. The standard InChI is InChI=1S/C9H17NO4.2C7H8.C2H5NO.C2H6.CH3Cl/c1-3-4-13-6-8(12-2)7-14-9(11)5-10;2*1-7-5-3-2-4-6-7;3-1-2-4;2*1-2/h3,8H,1,4-7,10H2,2H3;2*2-6H,1H3;2H,1,3H2;1-2H3;1H3/p+1. The molecule has 0 radical (unpaired) electrons. The second-order valence-electron chi connectivity index (χ2n) is 6.33. The molecule has 0 spiro atoms. The van der Waals surface area contributed by atoms with E-state index in [2.05, 4.69) is 67.8 Å². The smallest absolute Gasteiger partial charge is 0.361 e. The predicted octanol–water partition coefficient (Wildman–Crippen LogP) is 4.00. The van der Waals surface area contributed by atoms with Crippen LogP contribution in [0.1, 0.15) is 25.0 Å². The van der Waals surface area contributed by atoms with Crippen molar-refractivity contribution in [3.63, 3.8) is 0 Å². The van der Waals surface area contributed by atoms with E-state index in [1.54, 1.807) is 13.2 Å². The number of aryl methyl sites for hydroxylation is 2. The van der Waals surface area contributed by atoms with Crippen molar-refractivity contribution in [1.29, 1.82) is 0 Å². The van der Waals surface area contributed by atoms with Gasteiger partial charge in [0.25, 0.3) is 0 Å². The largest absolute Gasteiger partial charge is 0.459 e. The summed E-state index contributed by atoms with van der Waals surface area (Å²) < 4.78 is 15.0. The van der Waals surface area contributed by atoms with Crippen molar-refractivity contribution in [2.45, 2.75) is 33.8 Å². The van der Waals surface area contributed by atoms with Crippen LogP contribution in [-0.4, -0.2) is 64.8 Å². The van der Waals surface area contributed by atoms with Crippen LogP contribution in [0.25, 0.3) is 0 Å². The molecule has 0 aliphatic rings. The number of aldehydes is 1. The Morgan fingerprint density at radius 3 is 1.67 bits per heavy atom. The first-order valence-corrected chi connectivity index (χ1v) is 12.4. The molecule has 0 saturated carbocycles. The molecule has 8 heteroatoms. The van der Waals surface area contributed by atoms with Gasteiger partial charge in [-0.2, -0.15) is 0 Å². The van der Waals surface area contributed by atoms with E-state index in [1.807, 2.05) is 50.2 Å². The average Bonchev–Trinajstić information content (AvgIpc) is 2.94. The van der Waals surface area contributed by atoms with Crippen molar-refractivity contribution in [3.05, 3.63) is 84.4 Å². The number of rotatable bonds is 9. The van der Waals surface area contributed by atoms with Crippen LogP contribution in [0.3, 0.4) is 0 Å². The Balaban J connectivity index is -0.000000196. The van der Waals surface area contributed by atoms with Crippen LogP contribution in [0.4, 0.5) is 0 Å². The molecule has 2 aromatic rings. The minimum absolute atomic E-state index is 0.129. The van der Waals surface area contributed by atoms with Crippen molar-refractivity contribution in [3.8, 4) is 0 Å². The molecular formula is C28H48ClN2O5+. The van der Waals surface area contributed by atoms with Gasteiger partial charge in [0, 0.05) is 20.0 Å². The number of hydrogen-bond donors (Lipinski definition) is 2. The predicted molar refractivity (Wildman–Crippen MR) is 151 cm³/mol. The fourth-order valence-corrected chi connectivity index (χ4v) is 1.79. The summed E-state index contributed by atoms with van der Waals surface area (Å²) >= 11 is 4.64. The molecule has 206 valence electrons. The van der Waals surface area contributed by atoms with E-state index in [1.165, 1.54) is 17.5 Å². The van der Waals surface area contributed by atoms with Crippen molar-refractivity contribution in [1.82, 2.24) is 0 Å².